The molecule has 0 aliphatic carbocycles. The lowest BCUT2D eigenvalue weighted by Gasteiger charge is -2.36. The first-order valence-electron chi connectivity index (χ1n) is 10.2. The van der Waals surface area contributed by atoms with E-state index in [0.717, 1.165) is 11.6 Å². The molecule has 0 aromatic heterocycles. The van der Waals surface area contributed by atoms with Crippen LogP contribution in [0.25, 0.3) is 0 Å². The molecule has 0 saturated carbocycles. The van der Waals surface area contributed by atoms with Gasteiger partial charge in [0, 0.05) is 6.54 Å². The van der Waals surface area contributed by atoms with Crippen molar-refractivity contribution in [1.29, 1.82) is 0 Å². The Hall–Kier alpha value is -1.89. The number of ether oxygens (including phenoxy) is 1. The molecule has 0 spiro atoms. The lowest BCUT2D eigenvalue weighted by molar-refractivity contribution is -0.0869. The summed E-state index contributed by atoms with van der Waals surface area (Å²) in [5.41, 5.74) is 0.810. The standard InChI is InChI=1S/C21H27FN2O6S2/c1-15-5-4-6-17(13-15)31(26,27)24-19-10-9-16(30-20(19)14-25)11-12-23-32(28,29)21-8-3-2-7-18(21)22/h2-8,13,16,19-20,23-25H,9-12,14H2,1H3/t16-,19-,20-/m0/s1. The Morgan fingerprint density at radius 2 is 1.81 bits per heavy atom. The highest BCUT2D eigenvalue weighted by molar-refractivity contribution is 7.89. The van der Waals surface area contributed by atoms with Gasteiger partial charge in [-0.3, -0.25) is 0 Å². The summed E-state index contributed by atoms with van der Waals surface area (Å²) < 4.78 is 74.4. The van der Waals surface area contributed by atoms with Crippen molar-refractivity contribution in [1.82, 2.24) is 9.44 Å². The molecule has 0 bridgehead atoms. The summed E-state index contributed by atoms with van der Waals surface area (Å²) in [6.07, 6.45) is 0.0354. The minimum absolute atomic E-state index is 0.0131. The molecular weight excluding hydrogens is 459 g/mol. The molecule has 1 saturated heterocycles. The van der Waals surface area contributed by atoms with Gasteiger partial charge in [-0.05, 0) is 56.0 Å². The molecule has 2 aromatic rings. The van der Waals surface area contributed by atoms with Crippen LogP contribution in [0.3, 0.4) is 0 Å². The average Bonchev–Trinajstić information content (AvgIpc) is 2.74. The van der Waals surface area contributed by atoms with Crippen molar-refractivity contribution < 1.29 is 31.1 Å². The molecule has 1 fully saturated rings. The average molecular weight is 487 g/mol. The van der Waals surface area contributed by atoms with E-state index in [-0.39, 0.29) is 17.5 Å². The van der Waals surface area contributed by atoms with E-state index in [2.05, 4.69) is 9.44 Å². The fourth-order valence-corrected chi connectivity index (χ4v) is 6.15. The zero-order chi connectivity index (χ0) is 23.4. The SMILES string of the molecule is Cc1cccc(S(=O)(=O)N[C@H]2CC[C@@H](CCNS(=O)(=O)c3ccccc3F)O[C@H]2CO)c1. The number of nitrogens with one attached hydrogen (secondary N) is 2. The Morgan fingerprint density at radius 1 is 1.06 bits per heavy atom. The maximum atomic E-state index is 13.8. The Balaban J connectivity index is 1.56. The van der Waals surface area contributed by atoms with Crippen molar-refractivity contribution in [2.24, 2.45) is 0 Å². The monoisotopic (exact) mass is 486 g/mol. The second-order valence-corrected chi connectivity index (χ2v) is 11.2. The highest BCUT2D eigenvalue weighted by Crippen LogP contribution is 2.24. The molecule has 1 aliphatic rings. The highest BCUT2D eigenvalue weighted by Gasteiger charge is 2.34. The molecule has 11 heteroatoms. The number of sulfonamides is 2. The summed E-state index contributed by atoms with van der Waals surface area (Å²) in [6, 6.07) is 11.0. The zero-order valence-electron chi connectivity index (χ0n) is 17.6. The van der Waals surface area contributed by atoms with Crippen LogP contribution in [-0.2, 0) is 24.8 Å². The normalized spacial score (nSPS) is 22.0. The van der Waals surface area contributed by atoms with Crippen LogP contribution in [0.2, 0.25) is 0 Å². The van der Waals surface area contributed by atoms with Crippen LogP contribution in [0.15, 0.2) is 58.3 Å². The van der Waals surface area contributed by atoms with Gasteiger partial charge in [0.05, 0.1) is 29.8 Å². The molecular formula is C21H27FN2O6S2. The Bertz CT molecular complexity index is 1140. The number of aryl methyl sites for hydroxylation is 1. The first-order valence-corrected chi connectivity index (χ1v) is 13.2. The van der Waals surface area contributed by atoms with Crippen LogP contribution < -0.4 is 9.44 Å². The van der Waals surface area contributed by atoms with Gasteiger partial charge >= 0.3 is 0 Å². The third-order valence-electron chi connectivity index (χ3n) is 5.29. The molecule has 0 radical (unpaired) electrons. The van der Waals surface area contributed by atoms with E-state index in [1.54, 1.807) is 25.1 Å². The second kappa shape index (κ2) is 10.4. The van der Waals surface area contributed by atoms with E-state index >= 15 is 0 Å². The molecule has 176 valence electrons. The maximum Gasteiger partial charge on any atom is 0.243 e. The van der Waals surface area contributed by atoms with Crippen LogP contribution in [0.5, 0.6) is 0 Å². The summed E-state index contributed by atoms with van der Waals surface area (Å²) in [4.78, 5) is -0.290. The maximum absolute atomic E-state index is 13.8. The Morgan fingerprint density at radius 3 is 2.50 bits per heavy atom. The van der Waals surface area contributed by atoms with Gasteiger partial charge in [0.1, 0.15) is 10.7 Å². The van der Waals surface area contributed by atoms with Crippen molar-refractivity contribution in [3.63, 3.8) is 0 Å². The number of hydrogen-bond donors (Lipinski definition) is 3. The van der Waals surface area contributed by atoms with Gasteiger partial charge < -0.3 is 9.84 Å². The minimum atomic E-state index is -4.00. The van der Waals surface area contributed by atoms with E-state index in [9.17, 15) is 26.3 Å². The first-order chi connectivity index (χ1) is 15.1. The minimum Gasteiger partial charge on any atom is -0.394 e. The van der Waals surface area contributed by atoms with Crippen molar-refractivity contribution >= 4 is 20.0 Å². The predicted octanol–water partition coefficient (Wildman–Crippen LogP) is 1.69. The summed E-state index contributed by atoms with van der Waals surface area (Å²) >= 11 is 0. The molecule has 1 aliphatic heterocycles. The Kier molecular flexibility index (Phi) is 8.01. The van der Waals surface area contributed by atoms with E-state index in [4.69, 9.17) is 4.74 Å². The van der Waals surface area contributed by atoms with Crippen LogP contribution in [-0.4, -0.2) is 53.3 Å². The summed E-state index contributed by atoms with van der Waals surface area (Å²) in [7, 11) is -7.78. The number of aliphatic hydroxyl groups excluding tert-OH is 1. The van der Waals surface area contributed by atoms with Gasteiger partial charge in [0.2, 0.25) is 20.0 Å². The number of rotatable bonds is 9. The van der Waals surface area contributed by atoms with Gasteiger partial charge in [-0.1, -0.05) is 24.3 Å². The van der Waals surface area contributed by atoms with Gasteiger partial charge in [-0.2, -0.15) is 0 Å². The van der Waals surface area contributed by atoms with Gasteiger partial charge in [0.25, 0.3) is 0 Å². The van der Waals surface area contributed by atoms with Crippen LogP contribution >= 0.6 is 0 Å². The molecule has 3 atom stereocenters. The van der Waals surface area contributed by atoms with E-state index in [1.807, 2.05) is 0 Å². The number of benzene rings is 2. The van der Waals surface area contributed by atoms with Crippen molar-refractivity contribution in [3.8, 4) is 0 Å². The fraction of sp³-hybridized carbons (Fsp3) is 0.429. The first kappa shape index (κ1) is 24.7. The smallest absolute Gasteiger partial charge is 0.243 e. The number of hydrogen-bond acceptors (Lipinski definition) is 6. The van der Waals surface area contributed by atoms with E-state index in [1.165, 1.54) is 24.3 Å². The fourth-order valence-electron chi connectivity index (χ4n) is 3.62. The van der Waals surface area contributed by atoms with E-state index < -0.39 is 49.5 Å². The number of aliphatic hydroxyl groups is 1. The van der Waals surface area contributed by atoms with Gasteiger partial charge in [-0.25, -0.2) is 30.7 Å². The summed E-state index contributed by atoms with van der Waals surface area (Å²) in [6.45, 7) is 1.42. The lowest BCUT2D eigenvalue weighted by atomic mass is 9.98. The third-order valence-corrected chi connectivity index (χ3v) is 8.27. The highest BCUT2D eigenvalue weighted by atomic mass is 32.2. The molecule has 32 heavy (non-hydrogen) atoms. The van der Waals surface area contributed by atoms with Crippen molar-refractivity contribution in [3.05, 3.63) is 59.9 Å². The molecule has 0 amide bonds. The molecule has 1 heterocycles. The third kappa shape index (κ3) is 6.12. The lowest BCUT2D eigenvalue weighted by Crippen LogP contribution is -2.51. The van der Waals surface area contributed by atoms with Gasteiger partial charge in [0.15, 0.2) is 0 Å². The molecule has 8 nitrogen and oxygen atoms in total. The largest absolute Gasteiger partial charge is 0.394 e. The summed E-state index contributed by atoms with van der Waals surface area (Å²) in [5.74, 6) is -0.835. The zero-order valence-corrected chi connectivity index (χ0v) is 19.2. The van der Waals surface area contributed by atoms with Crippen molar-refractivity contribution in [2.75, 3.05) is 13.2 Å². The van der Waals surface area contributed by atoms with Crippen LogP contribution in [0.4, 0.5) is 4.39 Å². The van der Waals surface area contributed by atoms with Gasteiger partial charge in [-0.15, -0.1) is 0 Å². The topological polar surface area (TPSA) is 122 Å². The van der Waals surface area contributed by atoms with Crippen LogP contribution in [0.1, 0.15) is 24.8 Å². The Labute approximate surface area is 187 Å². The van der Waals surface area contributed by atoms with E-state index in [0.29, 0.717) is 19.3 Å². The number of halogens is 1. The second-order valence-electron chi connectivity index (χ2n) is 7.72. The predicted molar refractivity (Wildman–Crippen MR) is 116 cm³/mol. The van der Waals surface area contributed by atoms with Crippen molar-refractivity contribution in [2.45, 2.75) is 54.2 Å². The molecule has 0 unspecified atom stereocenters. The molecule has 3 N–H and O–H groups in total. The quantitative estimate of drug-likeness (QED) is 0.496. The summed E-state index contributed by atoms with van der Waals surface area (Å²) in [5, 5.41) is 9.71. The van der Waals surface area contributed by atoms with Crippen LogP contribution in [0, 0.1) is 12.7 Å². The molecule has 3 rings (SSSR count). The molecule has 2 aromatic carbocycles.